The summed E-state index contributed by atoms with van der Waals surface area (Å²) in [5, 5.41) is 19.6. The molecule has 1 aromatic carbocycles. The van der Waals surface area contributed by atoms with Gasteiger partial charge in [0.25, 0.3) is 0 Å². The first-order valence-electron chi connectivity index (χ1n) is 10.6. The van der Waals surface area contributed by atoms with Crippen LogP contribution in [0.2, 0.25) is 0 Å². The Bertz CT molecular complexity index is 1160. The molecule has 1 aromatic heterocycles. The Hall–Kier alpha value is -3.53. The molecule has 3 rings (SSSR count). The number of benzene rings is 1. The van der Waals surface area contributed by atoms with E-state index in [0.29, 0.717) is 19.3 Å². The third kappa shape index (κ3) is 5.88. The molecule has 180 valence electrons. The number of nitrogen functional groups attached to an aromatic ring is 1. The molecular weight excluding hydrogens is 461 g/mol. The summed E-state index contributed by atoms with van der Waals surface area (Å²) in [6.45, 7) is 3.50. The molecule has 0 spiro atoms. The second kappa shape index (κ2) is 10.2. The van der Waals surface area contributed by atoms with E-state index in [-0.39, 0.29) is 27.9 Å². The van der Waals surface area contributed by atoms with Gasteiger partial charge in [-0.1, -0.05) is 26.0 Å². The number of halogens is 1. The summed E-state index contributed by atoms with van der Waals surface area (Å²) in [7, 11) is 0. The maximum Gasteiger partial charge on any atom is 0.353 e. The van der Waals surface area contributed by atoms with Crippen molar-refractivity contribution in [3.8, 4) is 5.75 Å². The second-order valence-electron chi connectivity index (χ2n) is 8.74. The van der Waals surface area contributed by atoms with E-state index in [1.165, 1.54) is 12.1 Å². The van der Waals surface area contributed by atoms with Crippen molar-refractivity contribution in [3.63, 3.8) is 0 Å². The van der Waals surface area contributed by atoms with Crippen molar-refractivity contribution >= 4 is 35.0 Å². The average Bonchev–Trinajstić information content (AvgIpc) is 3.23. The van der Waals surface area contributed by atoms with Crippen LogP contribution in [0.1, 0.15) is 46.8 Å². The number of rotatable bonds is 8. The number of ether oxygens (including phenoxy) is 1. The van der Waals surface area contributed by atoms with Crippen LogP contribution in [0.5, 0.6) is 5.75 Å². The van der Waals surface area contributed by atoms with Crippen LogP contribution in [-0.4, -0.2) is 34.8 Å². The zero-order valence-corrected chi connectivity index (χ0v) is 19.6. The fraction of sp³-hybridized carbons (Fsp3) is 0.333. The van der Waals surface area contributed by atoms with Crippen molar-refractivity contribution in [2.75, 3.05) is 0 Å². The maximum atomic E-state index is 14.2. The maximum absolute atomic E-state index is 14.2. The minimum Gasteiger partial charge on any atom is -0.481 e. The van der Waals surface area contributed by atoms with E-state index in [4.69, 9.17) is 15.9 Å². The van der Waals surface area contributed by atoms with Crippen LogP contribution in [0.3, 0.4) is 0 Å². The lowest BCUT2D eigenvalue weighted by Gasteiger charge is -2.31. The molecular formula is C24H26FN3O5S. The van der Waals surface area contributed by atoms with Crippen LogP contribution >= 0.6 is 11.3 Å². The summed E-state index contributed by atoms with van der Waals surface area (Å²) in [6, 6.07) is 6.40. The van der Waals surface area contributed by atoms with E-state index in [2.05, 4.69) is 5.32 Å². The number of hydrogen-bond acceptors (Lipinski definition) is 6. The Morgan fingerprint density at radius 3 is 2.59 bits per heavy atom. The van der Waals surface area contributed by atoms with Crippen molar-refractivity contribution in [1.29, 1.82) is 5.41 Å². The summed E-state index contributed by atoms with van der Waals surface area (Å²) in [4.78, 5) is 37.9. The molecule has 1 heterocycles. The van der Waals surface area contributed by atoms with Crippen LogP contribution in [0.15, 0.2) is 42.5 Å². The SMILES string of the molecule is CC(C)(Cc1ccc(C(=O)Oc2ccc(C(=N)N)cc2F)s1)C(=O)N[C@H]1CC=CC[C@H]1C(=O)O. The molecule has 0 bridgehead atoms. The van der Waals surface area contributed by atoms with Crippen LogP contribution < -0.4 is 15.8 Å². The number of nitrogens with two attached hydrogens (primary N) is 1. The third-order valence-electron chi connectivity index (χ3n) is 5.61. The monoisotopic (exact) mass is 487 g/mol. The van der Waals surface area contributed by atoms with Gasteiger partial charge in [0.2, 0.25) is 5.91 Å². The van der Waals surface area contributed by atoms with E-state index >= 15 is 0 Å². The Kier molecular flexibility index (Phi) is 7.51. The highest BCUT2D eigenvalue weighted by Crippen LogP contribution is 2.29. The Morgan fingerprint density at radius 2 is 1.94 bits per heavy atom. The second-order valence-corrected chi connectivity index (χ2v) is 9.91. The van der Waals surface area contributed by atoms with Crippen molar-refractivity contribution < 1.29 is 28.6 Å². The lowest BCUT2D eigenvalue weighted by molar-refractivity contribution is -0.143. The molecule has 0 aliphatic heterocycles. The standard InChI is InChI=1S/C24H26FN3O5S/c1-24(2,23(32)28-17-6-4-3-5-15(17)21(29)30)12-14-8-10-19(34-14)22(31)33-18-9-7-13(20(26)27)11-16(18)25/h3-4,7-11,15,17H,5-6,12H2,1-2H3,(H3,26,27)(H,28,32)(H,29,30)/t15-,17+/m1/s1. The van der Waals surface area contributed by atoms with E-state index in [0.717, 1.165) is 22.3 Å². The Morgan fingerprint density at radius 1 is 1.24 bits per heavy atom. The highest BCUT2D eigenvalue weighted by molar-refractivity contribution is 7.14. The summed E-state index contributed by atoms with van der Waals surface area (Å²) in [6.07, 6.45) is 4.82. The summed E-state index contributed by atoms with van der Waals surface area (Å²) >= 11 is 1.13. The van der Waals surface area contributed by atoms with E-state index in [1.807, 2.05) is 12.2 Å². The summed E-state index contributed by atoms with van der Waals surface area (Å²) in [5.74, 6) is -4.02. The molecule has 8 nitrogen and oxygen atoms in total. The normalized spacial score (nSPS) is 17.7. The molecule has 0 saturated heterocycles. The highest BCUT2D eigenvalue weighted by atomic mass is 32.1. The van der Waals surface area contributed by atoms with Gasteiger partial charge in [0.15, 0.2) is 11.6 Å². The van der Waals surface area contributed by atoms with Crippen molar-refractivity contribution in [1.82, 2.24) is 5.32 Å². The van der Waals surface area contributed by atoms with Crippen LogP contribution in [-0.2, 0) is 16.0 Å². The molecule has 0 saturated carbocycles. The molecule has 34 heavy (non-hydrogen) atoms. The van der Waals surface area contributed by atoms with E-state index in [9.17, 15) is 23.9 Å². The van der Waals surface area contributed by atoms with E-state index in [1.54, 1.807) is 26.0 Å². The molecule has 1 aliphatic carbocycles. The number of amides is 1. The number of carbonyl (C=O) groups is 3. The predicted octanol–water partition coefficient (Wildman–Crippen LogP) is 3.49. The molecule has 10 heteroatoms. The smallest absolute Gasteiger partial charge is 0.353 e. The number of thiophene rings is 1. The molecule has 1 aliphatic rings. The van der Waals surface area contributed by atoms with Gasteiger partial charge in [0.1, 0.15) is 10.7 Å². The average molecular weight is 488 g/mol. The van der Waals surface area contributed by atoms with Gasteiger partial charge in [0.05, 0.1) is 5.92 Å². The van der Waals surface area contributed by atoms with Crippen LogP contribution in [0.4, 0.5) is 4.39 Å². The topological polar surface area (TPSA) is 143 Å². The van der Waals surface area contributed by atoms with Crippen molar-refractivity contribution in [3.05, 3.63) is 63.6 Å². The number of nitrogens with one attached hydrogen (secondary N) is 2. The van der Waals surface area contributed by atoms with Crippen LogP contribution in [0.25, 0.3) is 0 Å². The number of aliphatic carboxylic acids is 1. The van der Waals surface area contributed by atoms with Gasteiger partial charge in [-0.05, 0) is 49.6 Å². The van der Waals surface area contributed by atoms with Gasteiger partial charge < -0.3 is 20.9 Å². The minimum absolute atomic E-state index is 0.176. The number of allylic oxidation sites excluding steroid dienone is 1. The number of hydrogen-bond donors (Lipinski definition) is 4. The van der Waals surface area contributed by atoms with E-state index < -0.39 is 35.1 Å². The lowest BCUT2D eigenvalue weighted by Crippen LogP contribution is -2.49. The quantitative estimate of drug-likeness (QED) is 0.148. The number of carboxylic acids is 1. The van der Waals surface area contributed by atoms with Gasteiger partial charge in [-0.3, -0.25) is 15.0 Å². The molecule has 5 N–H and O–H groups in total. The zero-order chi connectivity index (χ0) is 25.0. The molecule has 0 radical (unpaired) electrons. The summed E-state index contributed by atoms with van der Waals surface area (Å²) in [5.41, 5.74) is 4.64. The molecule has 1 amide bonds. The lowest BCUT2D eigenvalue weighted by atomic mass is 9.84. The van der Waals surface area contributed by atoms with Gasteiger partial charge in [-0.2, -0.15) is 0 Å². The molecule has 0 unspecified atom stereocenters. The third-order valence-corrected chi connectivity index (χ3v) is 6.67. The first-order valence-corrected chi connectivity index (χ1v) is 11.4. The number of carbonyl (C=O) groups excluding carboxylic acids is 2. The molecule has 2 aromatic rings. The van der Waals surface area contributed by atoms with Gasteiger partial charge in [-0.25, -0.2) is 9.18 Å². The highest BCUT2D eigenvalue weighted by Gasteiger charge is 2.35. The van der Waals surface area contributed by atoms with Gasteiger partial charge in [-0.15, -0.1) is 11.3 Å². The fourth-order valence-electron chi connectivity index (χ4n) is 3.61. The number of carboxylic acid groups (broad SMARTS) is 1. The molecule has 2 atom stereocenters. The van der Waals surface area contributed by atoms with Gasteiger partial charge >= 0.3 is 11.9 Å². The first-order chi connectivity index (χ1) is 16.0. The van der Waals surface area contributed by atoms with Crippen LogP contribution in [0, 0.1) is 22.6 Å². The number of amidine groups is 1. The fourth-order valence-corrected chi connectivity index (χ4v) is 4.72. The van der Waals surface area contributed by atoms with Crippen molar-refractivity contribution in [2.24, 2.45) is 17.1 Å². The minimum atomic E-state index is -0.943. The Labute approximate surface area is 200 Å². The van der Waals surface area contributed by atoms with Crippen molar-refractivity contribution in [2.45, 2.75) is 39.2 Å². The summed E-state index contributed by atoms with van der Waals surface area (Å²) < 4.78 is 19.3. The Balaban J connectivity index is 1.64. The first kappa shape index (κ1) is 25.1. The molecule has 0 fully saturated rings. The largest absolute Gasteiger partial charge is 0.481 e. The number of esters is 1. The van der Waals surface area contributed by atoms with Gasteiger partial charge in [0, 0.05) is 21.9 Å². The zero-order valence-electron chi connectivity index (χ0n) is 18.8. The predicted molar refractivity (Wildman–Crippen MR) is 126 cm³/mol.